The first-order valence-electron chi connectivity index (χ1n) is 7.55. The lowest BCUT2D eigenvalue weighted by molar-refractivity contribution is 0.0759. The zero-order chi connectivity index (χ0) is 14.4. The predicted molar refractivity (Wildman–Crippen MR) is 82.0 cm³/mol. The number of nitrogens with one attached hydrogen (secondary N) is 1. The van der Waals surface area contributed by atoms with Gasteiger partial charge in [0, 0.05) is 25.3 Å². The number of nitrogens with zero attached hydrogens (tertiary/aromatic N) is 2. The second-order valence-corrected chi connectivity index (χ2v) is 5.32. The largest absolute Gasteiger partial charge is 0.340 e. The molecule has 1 aliphatic rings. The Bertz CT molecular complexity index is 446. The molecule has 1 amide bonds. The van der Waals surface area contributed by atoms with Gasteiger partial charge in [-0.3, -0.25) is 4.79 Å². The van der Waals surface area contributed by atoms with Crippen LogP contribution in [0.25, 0.3) is 0 Å². The second kappa shape index (κ2) is 7.29. The highest BCUT2D eigenvalue weighted by Crippen LogP contribution is 2.22. The molecule has 1 aromatic rings. The molecule has 1 aliphatic heterocycles. The summed E-state index contributed by atoms with van der Waals surface area (Å²) in [6.07, 6.45) is 6.98. The van der Waals surface area contributed by atoms with E-state index in [-0.39, 0.29) is 5.91 Å². The molecular formula is C16H25N3O. The molecule has 1 saturated heterocycles. The molecule has 0 spiro atoms. The van der Waals surface area contributed by atoms with E-state index in [9.17, 15) is 4.79 Å². The Morgan fingerprint density at radius 1 is 1.55 bits per heavy atom. The van der Waals surface area contributed by atoms with Crippen LogP contribution < -0.4 is 5.32 Å². The number of amides is 1. The maximum absolute atomic E-state index is 12.7. The van der Waals surface area contributed by atoms with Crippen LogP contribution in [0.3, 0.4) is 0 Å². The van der Waals surface area contributed by atoms with E-state index in [4.69, 9.17) is 0 Å². The van der Waals surface area contributed by atoms with Gasteiger partial charge in [0.1, 0.15) is 5.69 Å². The third-order valence-electron chi connectivity index (χ3n) is 3.83. The van der Waals surface area contributed by atoms with Gasteiger partial charge in [-0.15, -0.1) is 6.58 Å². The van der Waals surface area contributed by atoms with Crippen molar-refractivity contribution in [1.29, 1.82) is 0 Å². The van der Waals surface area contributed by atoms with Crippen LogP contribution in [0.15, 0.2) is 31.0 Å². The molecule has 0 unspecified atom stereocenters. The first kappa shape index (κ1) is 14.9. The lowest BCUT2D eigenvalue weighted by Gasteiger charge is -2.28. The predicted octanol–water partition coefficient (Wildman–Crippen LogP) is 2.45. The molecule has 0 aromatic carbocycles. The molecule has 20 heavy (non-hydrogen) atoms. The SMILES string of the molecule is C=CCN(CCC)C(=O)c1cccn1C1CCNCC1. The summed E-state index contributed by atoms with van der Waals surface area (Å²) in [6.45, 7) is 9.30. The zero-order valence-electron chi connectivity index (χ0n) is 12.3. The van der Waals surface area contributed by atoms with Gasteiger partial charge >= 0.3 is 0 Å². The van der Waals surface area contributed by atoms with E-state index in [1.807, 2.05) is 23.2 Å². The van der Waals surface area contributed by atoms with Crippen molar-refractivity contribution < 1.29 is 4.79 Å². The molecular weight excluding hydrogens is 250 g/mol. The molecule has 0 radical (unpaired) electrons. The van der Waals surface area contributed by atoms with Crippen molar-refractivity contribution in [2.24, 2.45) is 0 Å². The van der Waals surface area contributed by atoms with Gasteiger partial charge in [0.25, 0.3) is 5.91 Å². The van der Waals surface area contributed by atoms with E-state index in [0.717, 1.165) is 44.6 Å². The van der Waals surface area contributed by atoms with Crippen LogP contribution in [-0.4, -0.2) is 41.6 Å². The highest BCUT2D eigenvalue weighted by Gasteiger charge is 2.22. The quantitative estimate of drug-likeness (QED) is 0.810. The first-order chi connectivity index (χ1) is 9.77. The molecule has 0 bridgehead atoms. The fourth-order valence-electron chi connectivity index (χ4n) is 2.84. The summed E-state index contributed by atoms with van der Waals surface area (Å²) in [7, 11) is 0. The highest BCUT2D eigenvalue weighted by atomic mass is 16.2. The normalized spacial score (nSPS) is 16.1. The molecule has 0 atom stereocenters. The van der Waals surface area contributed by atoms with Crippen LogP contribution in [0.4, 0.5) is 0 Å². The number of hydrogen-bond donors (Lipinski definition) is 1. The van der Waals surface area contributed by atoms with Crippen LogP contribution in [0.5, 0.6) is 0 Å². The summed E-state index contributed by atoms with van der Waals surface area (Å²) >= 11 is 0. The third-order valence-corrected chi connectivity index (χ3v) is 3.83. The fraction of sp³-hybridized carbons (Fsp3) is 0.562. The molecule has 1 fully saturated rings. The fourth-order valence-corrected chi connectivity index (χ4v) is 2.84. The number of hydrogen-bond acceptors (Lipinski definition) is 2. The Balaban J connectivity index is 2.16. The standard InChI is InChI=1S/C16H25N3O/c1-3-11-18(12-4-2)16(20)15-6-5-13-19(15)14-7-9-17-10-8-14/h3,5-6,13-14,17H,1,4,7-12H2,2H3. The Labute approximate surface area is 121 Å². The lowest BCUT2D eigenvalue weighted by atomic mass is 10.1. The summed E-state index contributed by atoms with van der Waals surface area (Å²) in [5, 5.41) is 3.37. The van der Waals surface area contributed by atoms with Crippen LogP contribution in [0.1, 0.15) is 42.7 Å². The average molecular weight is 275 g/mol. The van der Waals surface area contributed by atoms with Crippen molar-refractivity contribution in [3.63, 3.8) is 0 Å². The molecule has 0 saturated carbocycles. The van der Waals surface area contributed by atoms with E-state index in [0.29, 0.717) is 12.6 Å². The van der Waals surface area contributed by atoms with Crippen molar-refractivity contribution in [2.75, 3.05) is 26.2 Å². The molecule has 4 heteroatoms. The van der Waals surface area contributed by atoms with Gasteiger partial charge in [-0.05, 0) is 44.5 Å². The minimum absolute atomic E-state index is 0.121. The van der Waals surface area contributed by atoms with E-state index in [1.165, 1.54) is 0 Å². The summed E-state index contributed by atoms with van der Waals surface area (Å²) in [5.41, 5.74) is 0.812. The van der Waals surface area contributed by atoms with Crippen molar-refractivity contribution in [1.82, 2.24) is 14.8 Å². The van der Waals surface area contributed by atoms with E-state index < -0.39 is 0 Å². The topological polar surface area (TPSA) is 37.3 Å². The Morgan fingerprint density at radius 3 is 2.95 bits per heavy atom. The Hall–Kier alpha value is -1.55. The molecule has 1 aromatic heterocycles. The minimum Gasteiger partial charge on any atom is -0.340 e. The van der Waals surface area contributed by atoms with Crippen molar-refractivity contribution in [3.8, 4) is 0 Å². The summed E-state index contributed by atoms with van der Waals surface area (Å²) in [5.74, 6) is 0.121. The van der Waals surface area contributed by atoms with Crippen LogP contribution in [0, 0.1) is 0 Å². The minimum atomic E-state index is 0.121. The lowest BCUT2D eigenvalue weighted by Crippen LogP contribution is -2.35. The molecule has 4 nitrogen and oxygen atoms in total. The van der Waals surface area contributed by atoms with Gasteiger partial charge in [0.15, 0.2) is 0 Å². The van der Waals surface area contributed by atoms with Gasteiger partial charge in [-0.1, -0.05) is 13.0 Å². The van der Waals surface area contributed by atoms with Crippen LogP contribution in [0.2, 0.25) is 0 Å². The Kier molecular flexibility index (Phi) is 5.41. The van der Waals surface area contributed by atoms with Crippen LogP contribution >= 0.6 is 0 Å². The maximum Gasteiger partial charge on any atom is 0.270 e. The monoisotopic (exact) mass is 275 g/mol. The molecule has 2 rings (SSSR count). The summed E-state index contributed by atoms with van der Waals surface area (Å²) in [4.78, 5) is 14.6. The smallest absolute Gasteiger partial charge is 0.270 e. The second-order valence-electron chi connectivity index (χ2n) is 5.32. The van der Waals surface area contributed by atoms with Crippen molar-refractivity contribution in [3.05, 3.63) is 36.7 Å². The van der Waals surface area contributed by atoms with Gasteiger partial charge in [0.2, 0.25) is 0 Å². The third kappa shape index (κ3) is 3.31. The van der Waals surface area contributed by atoms with E-state index >= 15 is 0 Å². The number of carbonyl (C=O) groups excluding carboxylic acids is 1. The molecule has 2 heterocycles. The van der Waals surface area contributed by atoms with Gasteiger partial charge in [-0.2, -0.15) is 0 Å². The summed E-state index contributed by atoms with van der Waals surface area (Å²) in [6, 6.07) is 4.36. The van der Waals surface area contributed by atoms with Crippen molar-refractivity contribution >= 4 is 5.91 Å². The Morgan fingerprint density at radius 2 is 2.30 bits per heavy atom. The number of piperidine rings is 1. The zero-order valence-corrected chi connectivity index (χ0v) is 12.3. The number of aromatic nitrogens is 1. The molecule has 1 N–H and O–H groups in total. The van der Waals surface area contributed by atoms with Crippen molar-refractivity contribution in [2.45, 2.75) is 32.2 Å². The summed E-state index contributed by atoms with van der Waals surface area (Å²) < 4.78 is 2.16. The highest BCUT2D eigenvalue weighted by molar-refractivity contribution is 5.93. The van der Waals surface area contributed by atoms with Crippen LogP contribution in [-0.2, 0) is 0 Å². The molecule has 0 aliphatic carbocycles. The van der Waals surface area contributed by atoms with E-state index in [1.54, 1.807) is 6.08 Å². The number of carbonyl (C=O) groups is 1. The number of rotatable bonds is 6. The molecule has 110 valence electrons. The van der Waals surface area contributed by atoms with Gasteiger partial charge in [-0.25, -0.2) is 0 Å². The average Bonchev–Trinajstić information content (AvgIpc) is 2.96. The van der Waals surface area contributed by atoms with Gasteiger partial charge in [0.05, 0.1) is 0 Å². The maximum atomic E-state index is 12.7. The first-order valence-corrected chi connectivity index (χ1v) is 7.55. The van der Waals surface area contributed by atoms with E-state index in [2.05, 4.69) is 23.4 Å². The van der Waals surface area contributed by atoms with Gasteiger partial charge < -0.3 is 14.8 Å².